The molecule has 0 saturated carbocycles. The van der Waals surface area contributed by atoms with E-state index in [1.54, 1.807) is 4.57 Å². The Labute approximate surface area is 211 Å². The fourth-order valence-corrected chi connectivity index (χ4v) is 6.18. The van der Waals surface area contributed by atoms with Gasteiger partial charge in [0, 0.05) is 0 Å². The van der Waals surface area contributed by atoms with Crippen LogP contribution in [0.3, 0.4) is 0 Å². The van der Waals surface area contributed by atoms with Crippen molar-refractivity contribution in [3.05, 3.63) is 106 Å². The Morgan fingerprint density at radius 2 is 1.94 bits per heavy atom. The number of hydrogen-bond donors (Lipinski definition) is 1. The molecule has 7 heteroatoms. The Morgan fingerprint density at radius 3 is 2.78 bits per heavy atom. The van der Waals surface area contributed by atoms with Gasteiger partial charge >= 0.3 is 182 Å². The average molecular weight is 625 g/mol. The third-order valence-electron chi connectivity index (χ3n) is 4.93. The van der Waals surface area contributed by atoms with Crippen molar-refractivity contribution in [1.82, 2.24) is 9.88 Å². The molecule has 0 atom stereocenters. The average Bonchev–Trinajstić information content (AvgIpc) is 3.00. The molecule has 0 bridgehead atoms. The molecular weight excluding hydrogens is 603 g/mol. The van der Waals surface area contributed by atoms with Gasteiger partial charge in [0.1, 0.15) is 0 Å². The van der Waals surface area contributed by atoms with Crippen LogP contribution in [0.5, 0.6) is 5.75 Å². The summed E-state index contributed by atoms with van der Waals surface area (Å²) in [6.07, 6.45) is 4.22. The maximum absolute atomic E-state index is 13.3. The van der Waals surface area contributed by atoms with E-state index in [-0.39, 0.29) is 26.8 Å². The second-order valence-electron chi connectivity index (χ2n) is 7.23. The number of fused-ring (bicyclic) bond motifs is 1. The van der Waals surface area contributed by atoms with Crippen LogP contribution in [0.25, 0.3) is 10.9 Å². The fourth-order valence-electron chi connectivity index (χ4n) is 3.43. The summed E-state index contributed by atoms with van der Waals surface area (Å²) in [5.74, 6) is 0.786. The van der Waals surface area contributed by atoms with Crippen molar-refractivity contribution in [2.45, 2.75) is 13.1 Å². The van der Waals surface area contributed by atoms with Crippen LogP contribution in [0.1, 0.15) is 5.56 Å². The van der Waals surface area contributed by atoms with Crippen molar-refractivity contribution < 1.29 is 25.9 Å². The number of benzene rings is 2. The Kier molecular flexibility index (Phi) is 8.24. The third-order valence-corrected chi connectivity index (χ3v) is 7.59. The molecule has 0 aliphatic carbocycles. The molecule has 0 saturated heterocycles. The van der Waals surface area contributed by atoms with Gasteiger partial charge in [-0.3, -0.25) is 0 Å². The molecule has 0 amide bonds. The molecule has 1 N–H and O–H groups in total. The van der Waals surface area contributed by atoms with E-state index < -0.39 is 0 Å². The van der Waals surface area contributed by atoms with Gasteiger partial charge in [-0.2, -0.15) is 0 Å². The summed E-state index contributed by atoms with van der Waals surface area (Å²) < 4.78 is 13.2. The Balaban J connectivity index is 1.53. The first-order valence-electron chi connectivity index (χ1n) is 10.2. The Hall–Kier alpha value is -1.87. The van der Waals surface area contributed by atoms with Gasteiger partial charge < -0.3 is 0 Å². The van der Waals surface area contributed by atoms with Crippen molar-refractivity contribution in [1.29, 1.82) is 0 Å². The number of pyridine rings is 1. The van der Waals surface area contributed by atoms with Crippen LogP contribution in [-0.4, -0.2) is 17.7 Å². The van der Waals surface area contributed by atoms with Crippen molar-refractivity contribution >= 4 is 38.4 Å². The fraction of sp³-hybridized carbons (Fsp3) is 0.160. The number of para-hydroxylation sites is 1. The monoisotopic (exact) mass is 623 g/mol. The maximum atomic E-state index is 13.3. The van der Waals surface area contributed by atoms with Gasteiger partial charge in [-0.1, -0.05) is 18.2 Å². The Morgan fingerprint density at radius 1 is 1.09 bits per heavy atom. The minimum atomic E-state index is -0.0759. The molecule has 4 nitrogen and oxygen atoms in total. The molecule has 2 aromatic carbocycles. The topological polar surface area (TPSA) is 43.3 Å². The van der Waals surface area contributed by atoms with E-state index in [9.17, 15) is 4.79 Å². The number of ether oxygens (including phenoxy) is 1. The molecule has 3 aromatic rings. The van der Waals surface area contributed by atoms with E-state index in [1.165, 1.54) is 5.57 Å². The summed E-state index contributed by atoms with van der Waals surface area (Å²) in [4.78, 5) is 13.3. The summed E-state index contributed by atoms with van der Waals surface area (Å²) in [5, 5.41) is 5.02. The SMILES string of the molecule is O=c1c(CNCC2=C[I-]C=CC(Br)=C2)cc2ccc(Cl)cc2n1CCOc1ccccc1. The minimum Gasteiger partial charge on any atom is -0.0620 e. The first kappa shape index (κ1) is 23.3. The summed E-state index contributed by atoms with van der Waals surface area (Å²) >= 11 is 9.71. The normalized spacial score (nSPS) is 13.8. The molecule has 2 heterocycles. The van der Waals surface area contributed by atoms with Crippen molar-refractivity contribution in [2.24, 2.45) is 0 Å². The third kappa shape index (κ3) is 6.13. The summed E-state index contributed by atoms with van der Waals surface area (Å²) in [5.41, 5.74) is 2.75. The van der Waals surface area contributed by atoms with Crippen LogP contribution in [-0.2, 0) is 13.1 Å². The van der Waals surface area contributed by atoms with Crippen LogP contribution < -0.4 is 36.8 Å². The summed E-state index contributed by atoms with van der Waals surface area (Å²) in [7, 11) is 0. The zero-order valence-electron chi connectivity index (χ0n) is 17.2. The smallest absolute Gasteiger partial charge is 0.0620 e. The molecule has 1 aliphatic heterocycles. The van der Waals surface area contributed by atoms with Crippen molar-refractivity contribution in [3.8, 4) is 5.75 Å². The summed E-state index contributed by atoms with van der Waals surface area (Å²) in [6, 6.07) is 17.2. The van der Waals surface area contributed by atoms with Gasteiger partial charge in [-0.25, -0.2) is 0 Å². The number of hydrogen-bond acceptors (Lipinski definition) is 3. The minimum absolute atomic E-state index is 0.0235. The van der Waals surface area contributed by atoms with Gasteiger partial charge in [0.15, 0.2) is 0 Å². The number of halogens is 3. The quantitative estimate of drug-likeness (QED) is 0.392. The first-order chi connectivity index (χ1) is 15.6. The van der Waals surface area contributed by atoms with E-state index in [0.717, 1.165) is 26.7 Å². The molecule has 32 heavy (non-hydrogen) atoms. The molecule has 4 rings (SSSR count). The first-order valence-corrected chi connectivity index (χ1v) is 13.8. The standard InChI is InChI=1S/C25H22BrClIN2O2/c26-21-8-9-28-15-18(12-21)16-29-17-20-13-19-6-7-22(27)14-24(19)30(25(20)31)10-11-32-23-4-2-1-3-5-23/h1-9,12-15,29H,10-11,16-17H2/q-1. The zero-order chi connectivity index (χ0) is 22.3. The Bertz CT molecular complexity index is 1250. The van der Waals surface area contributed by atoms with Crippen molar-refractivity contribution in [2.75, 3.05) is 13.2 Å². The predicted molar refractivity (Wildman–Crippen MR) is 131 cm³/mol. The van der Waals surface area contributed by atoms with E-state index in [1.807, 2.05) is 54.6 Å². The molecule has 0 fully saturated rings. The van der Waals surface area contributed by atoms with E-state index in [4.69, 9.17) is 16.3 Å². The van der Waals surface area contributed by atoms with Gasteiger partial charge in [-0.05, 0) is 12.1 Å². The molecule has 0 radical (unpaired) electrons. The van der Waals surface area contributed by atoms with Gasteiger partial charge in [-0.15, -0.1) is 0 Å². The van der Waals surface area contributed by atoms with Gasteiger partial charge in [0.25, 0.3) is 0 Å². The van der Waals surface area contributed by atoms with Gasteiger partial charge in [0.2, 0.25) is 0 Å². The van der Waals surface area contributed by atoms with E-state index in [2.05, 4.69) is 41.6 Å². The van der Waals surface area contributed by atoms with E-state index in [0.29, 0.717) is 31.3 Å². The van der Waals surface area contributed by atoms with Crippen LogP contribution >= 0.6 is 27.5 Å². The molecule has 1 aromatic heterocycles. The number of aromatic nitrogens is 1. The zero-order valence-corrected chi connectivity index (χ0v) is 21.7. The predicted octanol–water partition coefficient (Wildman–Crippen LogP) is 2.60. The number of allylic oxidation sites excluding steroid dienone is 2. The van der Waals surface area contributed by atoms with E-state index >= 15 is 0 Å². The van der Waals surface area contributed by atoms with Crippen LogP contribution in [0.4, 0.5) is 0 Å². The van der Waals surface area contributed by atoms with Crippen LogP contribution in [0.2, 0.25) is 5.02 Å². The molecular formula is C25H22BrClIN2O2-. The molecule has 0 unspecified atom stereocenters. The number of nitrogens with one attached hydrogen (secondary N) is 1. The number of rotatable bonds is 8. The molecule has 0 spiro atoms. The van der Waals surface area contributed by atoms with Crippen LogP contribution in [0.15, 0.2) is 89.8 Å². The second-order valence-corrected chi connectivity index (χ2v) is 10.6. The van der Waals surface area contributed by atoms with Crippen molar-refractivity contribution in [3.63, 3.8) is 0 Å². The van der Waals surface area contributed by atoms with Crippen LogP contribution in [0, 0.1) is 0 Å². The summed E-state index contributed by atoms with van der Waals surface area (Å²) in [6.45, 7) is 2.04. The van der Waals surface area contributed by atoms with Gasteiger partial charge in [0.05, 0.1) is 0 Å². The molecule has 1 aliphatic rings. The second kappa shape index (κ2) is 11.3. The number of nitrogens with zero attached hydrogens (tertiary/aromatic N) is 1. The molecule has 166 valence electrons.